The number of aryl methyl sites for hydroxylation is 2. The Morgan fingerprint density at radius 2 is 1.80 bits per heavy atom. The number of methoxy groups -OCH3 is 2. The molecule has 0 radical (unpaired) electrons. The van der Waals surface area contributed by atoms with Crippen LogP contribution >= 0.6 is 0 Å². The van der Waals surface area contributed by atoms with Gasteiger partial charge in [-0.15, -0.1) is 0 Å². The average molecular weight is 338 g/mol. The number of hydrogen-bond acceptors (Lipinski definition) is 5. The van der Waals surface area contributed by atoms with Gasteiger partial charge in [0.25, 0.3) is 0 Å². The highest BCUT2D eigenvalue weighted by Gasteiger charge is 2.08. The molecule has 5 nitrogen and oxygen atoms in total. The van der Waals surface area contributed by atoms with E-state index in [0.717, 1.165) is 40.8 Å². The van der Waals surface area contributed by atoms with Crippen LogP contribution in [-0.2, 0) is 12.8 Å². The maximum absolute atomic E-state index is 5.62. The summed E-state index contributed by atoms with van der Waals surface area (Å²) in [5.41, 5.74) is 3.21. The van der Waals surface area contributed by atoms with Crippen molar-refractivity contribution in [1.29, 1.82) is 0 Å². The van der Waals surface area contributed by atoms with Crippen molar-refractivity contribution in [3.8, 4) is 17.4 Å². The van der Waals surface area contributed by atoms with Crippen LogP contribution in [0.4, 0.5) is 0 Å². The van der Waals surface area contributed by atoms with Crippen LogP contribution in [-0.4, -0.2) is 30.8 Å². The normalized spacial score (nSPS) is 10.7. The average Bonchev–Trinajstić information content (AvgIpc) is 2.66. The van der Waals surface area contributed by atoms with E-state index in [1.54, 1.807) is 14.2 Å². The maximum Gasteiger partial charge on any atom is 0.224 e. The van der Waals surface area contributed by atoms with E-state index in [9.17, 15) is 0 Å². The van der Waals surface area contributed by atoms with Crippen molar-refractivity contribution in [3.63, 3.8) is 0 Å². The molecule has 2 aromatic carbocycles. The number of benzene rings is 2. The molecule has 0 aliphatic carbocycles. The van der Waals surface area contributed by atoms with E-state index in [1.807, 2.05) is 31.2 Å². The second-order valence-electron chi connectivity index (χ2n) is 5.64. The summed E-state index contributed by atoms with van der Waals surface area (Å²) >= 11 is 0. The van der Waals surface area contributed by atoms with Crippen molar-refractivity contribution in [2.24, 2.45) is 0 Å². The zero-order valence-electron chi connectivity index (χ0n) is 14.8. The van der Waals surface area contributed by atoms with Crippen molar-refractivity contribution in [3.05, 3.63) is 53.9 Å². The lowest BCUT2D eigenvalue weighted by Crippen LogP contribution is -1.99. The molecule has 1 aromatic heterocycles. The Morgan fingerprint density at radius 3 is 2.56 bits per heavy atom. The third-order valence-electron chi connectivity index (χ3n) is 4.11. The smallest absolute Gasteiger partial charge is 0.224 e. The van der Waals surface area contributed by atoms with Gasteiger partial charge in [0.05, 0.1) is 31.7 Å². The molecule has 0 spiro atoms. The zero-order chi connectivity index (χ0) is 17.6. The number of ether oxygens (including phenoxy) is 3. The molecule has 0 aliphatic heterocycles. The van der Waals surface area contributed by atoms with Crippen molar-refractivity contribution in [1.82, 2.24) is 9.97 Å². The summed E-state index contributed by atoms with van der Waals surface area (Å²) in [5, 5.41) is 0.944. The topological polar surface area (TPSA) is 53.5 Å². The Labute approximate surface area is 147 Å². The highest BCUT2D eigenvalue weighted by atomic mass is 16.5. The number of nitrogens with zero attached hydrogens (tertiary/aromatic N) is 2. The molecule has 0 N–H and O–H groups in total. The number of hydrogen-bond donors (Lipinski definition) is 0. The molecular formula is C20H22N2O3. The van der Waals surface area contributed by atoms with Crippen LogP contribution in [0, 0.1) is 0 Å². The molecular weight excluding hydrogens is 316 g/mol. The Hall–Kier alpha value is -2.82. The molecule has 0 atom stereocenters. The van der Waals surface area contributed by atoms with Gasteiger partial charge in [-0.05, 0) is 61.2 Å². The van der Waals surface area contributed by atoms with E-state index in [1.165, 1.54) is 11.9 Å². The summed E-state index contributed by atoms with van der Waals surface area (Å²) < 4.78 is 16.4. The minimum Gasteiger partial charge on any atom is -0.497 e. The quantitative estimate of drug-likeness (QED) is 0.655. The van der Waals surface area contributed by atoms with E-state index in [4.69, 9.17) is 14.2 Å². The van der Waals surface area contributed by atoms with E-state index in [-0.39, 0.29) is 0 Å². The molecule has 0 fully saturated rings. The number of fused-ring (bicyclic) bond motifs is 1. The maximum atomic E-state index is 5.62. The first-order chi connectivity index (χ1) is 12.2. The van der Waals surface area contributed by atoms with E-state index < -0.39 is 0 Å². The van der Waals surface area contributed by atoms with Crippen molar-refractivity contribution >= 4 is 10.9 Å². The van der Waals surface area contributed by atoms with E-state index >= 15 is 0 Å². The fraction of sp³-hybridized carbons (Fsp3) is 0.300. The minimum atomic E-state index is 0.581. The van der Waals surface area contributed by atoms with Gasteiger partial charge in [0.15, 0.2) is 0 Å². The van der Waals surface area contributed by atoms with Crippen molar-refractivity contribution < 1.29 is 14.2 Å². The van der Waals surface area contributed by atoms with Crippen LogP contribution < -0.4 is 14.2 Å². The summed E-state index contributed by atoms with van der Waals surface area (Å²) in [6.07, 6.45) is 3.26. The van der Waals surface area contributed by atoms with Gasteiger partial charge in [0.1, 0.15) is 17.8 Å². The number of rotatable bonds is 7. The van der Waals surface area contributed by atoms with Gasteiger partial charge in [0.2, 0.25) is 5.88 Å². The molecule has 0 saturated carbocycles. The summed E-state index contributed by atoms with van der Waals surface area (Å²) in [6, 6.07) is 12.1. The fourth-order valence-corrected chi connectivity index (χ4v) is 2.84. The van der Waals surface area contributed by atoms with Gasteiger partial charge in [0, 0.05) is 0 Å². The van der Waals surface area contributed by atoms with Crippen molar-refractivity contribution in [2.45, 2.75) is 19.8 Å². The minimum absolute atomic E-state index is 0.581. The Kier molecular flexibility index (Phi) is 5.33. The lowest BCUT2D eigenvalue weighted by Gasteiger charge is -2.11. The molecule has 3 rings (SSSR count). The second kappa shape index (κ2) is 7.83. The Bertz CT molecular complexity index is 865. The van der Waals surface area contributed by atoms with Crippen LogP contribution in [0.2, 0.25) is 0 Å². The highest BCUT2D eigenvalue weighted by Crippen LogP contribution is 2.27. The molecule has 130 valence electrons. The standard InChI is InChI=1S/C20H22N2O3/c1-4-25-20-17-11-14(6-9-18(17)21-13-22-20)5-7-15-12-16(23-2)8-10-19(15)24-3/h6,8-13H,4-5,7H2,1-3H3. The first kappa shape index (κ1) is 17.0. The monoisotopic (exact) mass is 338 g/mol. The Morgan fingerprint density at radius 1 is 0.920 bits per heavy atom. The van der Waals surface area contributed by atoms with Crippen LogP contribution in [0.5, 0.6) is 17.4 Å². The van der Waals surface area contributed by atoms with Gasteiger partial charge in [-0.3, -0.25) is 0 Å². The van der Waals surface area contributed by atoms with Gasteiger partial charge in [-0.25, -0.2) is 9.97 Å². The van der Waals surface area contributed by atoms with Crippen LogP contribution in [0.15, 0.2) is 42.7 Å². The largest absolute Gasteiger partial charge is 0.497 e. The molecule has 0 amide bonds. The van der Waals surface area contributed by atoms with Gasteiger partial charge >= 0.3 is 0 Å². The van der Waals surface area contributed by atoms with E-state index in [0.29, 0.717) is 12.5 Å². The first-order valence-corrected chi connectivity index (χ1v) is 8.32. The van der Waals surface area contributed by atoms with Crippen molar-refractivity contribution in [2.75, 3.05) is 20.8 Å². The molecule has 0 unspecified atom stereocenters. The zero-order valence-corrected chi connectivity index (χ0v) is 14.8. The molecule has 0 bridgehead atoms. The third kappa shape index (κ3) is 3.82. The lowest BCUT2D eigenvalue weighted by molar-refractivity contribution is 0.331. The summed E-state index contributed by atoms with van der Waals surface area (Å²) in [7, 11) is 3.36. The van der Waals surface area contributed by atoms with Gasteiger partial charge in [-0.1, -0.05) is 6.07 Å². The summed E-state index contributed by atoms with van der Waals surface area (Å²) in [4.78, 5) is 8.54. The lowest BCUT2D eigenvalue weighted by atomic mass is 10.0. The highest BCUT2D eigenvalue weighted by molar-refractivity contribution is 5.83. The van der Waals surface area contributed by atoms with Gasteiger partial charge < -0.3 is 14.2 Å². The van der Waals surface area contributed by atoms with Gasteiger partial charge in [-0.2, -0.15) is 0 Å². The molecule has 25 heavy (non-hydrogen) atoms. The number of aromatic nitrogens is 2. The fourth-order valence-electron chi connectivity index (χ4n) is 2.84. The Balaban J connectivity index is 1.85. The van der Waals surface area contributed by atoms with Crippen LogP contribution in [0.25, 0.3) is 10.9 Å². The molecule has 0 saturated heterocycles. The SMILES string of the molecule is CCOc1ncnc2ccc(CCc3cc(OC)ccc3OC)cc12. The molecule has 3 aromatic rings. The van der Waals surface area contributed by atoms with Crippen LogP contribution in [0.3, 0.4) is 0 Å². The molecule has 5 heteroatoms. The molecule has 1 heterocycles. The second-order valence-corrected chi connectivity index (χ2v) is 5.64. The third-order valence-corrected chi connectivity index (χ3v) is 4.11. The predicted molar refractivity (Wildman–Crippen MR) is 97.7 cm³/mol. The summed E-state index contributed by atoms with van der Waals surface area (Å²) in [6.45, 7) is 2.53. The predicted octanol–water partition coefficient (Wildman–Crippen LogP) is 3.83. The molecule has 0 aliphatic rings. The first-order valence-electron chi connectivity index (χ1n) is 8.32. The summed E-state index contributed by atoms with van der Waals surface area (Å²) in [5.74, 6) is 2.34. The van der Waals surface area contributed by atoms with Crippen LogP contribution in [0.1, 0.15) is 18.1 Å². The van der Waals surface area contributed by atoms with E-state index in [2.05, 4.69) is 22.1 Å².